The lowest BCUT2D eigenvalue weighted by molar-refractivity contribution is 0.256. The molecule has 6 N–H and O–H groups in total. The van der Waals surface area contributed by atoms with Gasteiger partial charge in [0.1, 0.15) is 0 Å². The van der Waals surface area contributed by atoms with Crippen LogP contribution < -0.4 is 0 Å². The molecular weight excluding hydrogens is 573 g/mol. The zero-order chi connectivity index (χ0) is 30.5. The average molecular weight is 625 g/mol. The fourth-order valence-corrected chi connectivity index (χ4v) is 3.37. The Balaban J connectivity index is -0.000000500. The SMILES string of the molecule is CCCCCC=COP(=O)(O)O.CCCCCCC=COP(=O)(O)O.CCCCCCCC=COP(=O)(O)O. The highest BCUT2D eigenvalue weighted by atomic mass is 31.2. The Morgan fingerprint density at radius 1 is 0.436 bits per heavy atom. The maximum absolute atomic E-state index is 10.2. The molecule has 0 aromatic rings. The van der Waals surface area contributed by atoms with Crippen molar-refractivity contribution in [3.8, 4) is 0 Å². The van der Waals surface area contributed by atoms with Gasteiger partial charge in [-0.25, -0.2) is 13.7 Å². The molecule has 0 aliphatic heterocycles. The number of hydrogen-bond donors (Lipinski definition) is 6. The van der Waals surface area contributed by atoms with Crippen LogP contribution in [0.1, 0.15) is 117 Å². The van der Waals surface area contributed by atoms with Gasteiger partial charge in [-0.1, -0.05) is 78.6 Å². The predicted molar refractivity (Wildman–Crippen MR) is 153 cm³/mol. The minimum absolute atomic E-state index is 0.799. The van der Waals surface area contributed by atoms with Gasteiger partial charge in [0, 0.05) is 0 Å². The molecular formula is C24H51O12P3. The van der Waals surface area contributed by atoms with Crippen LogP contribution in [0.15, 0.2) is 37.0 Å². The van der Waals surface area contributed by atoms with Crippen molar-refractivity contribution in [3.05, 3.63) is 37.0 Å². The van der Waals surface area contributed by atoms with E-state index in [1.165, 1.54) is 32.1 Å². The molecule has 0 rings (SSSR count). The van der Waals surface area contributed by atoms with E-state index >= 15 is 0 Å². The Morgan fingerprint density at radius 2 is 0.667 bits per heavy atom. The van der Waals surface area contributed by atoms with Crippen LogP contribution in [-0.4, -0.2) is 29.4 Å². The first-order valence-electron chi connectivity index (χ1n) is 13.3. The lowest BCUT2D eigenvalue weighted by Crippen LogP contribution is -1.79. The summed E-state index contributed by atoms with van der Waals surface area (Å²) in [4.78, 5) is 49.8. The summed E-state index contributed by atoms with van der Waals surface area (Å²) in [7, 11) is -12.9. The molecule has 0 heterocycles. The highest BCUT2D eigenvalue weighted by Gasteiger charge is 2.12. The lowest BCUT2D eigenvalue weighted by Gasteiger charge is -2.00. The van der Waals surface area contributed by atoms with E-state index in [1.807, 2.05) is 0 Å². The summed E-state index contributed by atoms with van der Waals surface area (Å²) in [6.45, 7) is 6.39. The van der Waals surface area contributed by atoms with Crippen molar-refractivity contribution in [1.29, 1.82) is 0 Å². The topological polar surface area (TPSA) is 200 Å². The normalized spacial score (nSPS) is 12.2. The fraction of sp³-hybridized carbons (Fsp3) is 0.750. The molecule has 0 amide bonds. The van der Waals surface area contributed by atoms with E-state index in [0.29, 0.717) is 0 Å². The maximum atomic E-state index is 10.2. The van der Waals surface area contributed by atoms with Crippen LogP contribution in [0, 0.1) is 0 Å². The summed E-state index contributed by atoms with van der Waals surface area (Å²) in [5.41, 5.74) is 0. The molecule has 0 saturated carbocycles. The molecule has 0 aliphatic carbocycles. The van der Waals surface area contributed by atoms with Gasteiger partial charge in [-0.15, -0.1) is 0 Å². The van der Waals surface area contributed by atoms with Crippen LogP contribution in [0.3, 0.4) is 0 Å². The highest BCUT2D eigenvalue weighted by Crippen LogP contribution is 2.37. The molecule has 0 fully saturated rings. The first-order chi connectivity index (χ1) is 18.2. The van der Waals surface area contributed by atoms with Gasteiger partial charge in [0.05, 0.1) is 18.8 Å². The van der Waals surface area contributed by atoms with Crippen LogP contribution in [0.4, 0.5) is 0 Å². The van der Waals surface area contributed by atoms with Crippen LogP contribution in [0.2, 0.25) is 0 Å². The molecule has 39 heavy (non-hydrogen) atoms. The Kier molecular flexibility index (Phi) is 31.2. The number of phosphoric ester groups is 3. The molecule has 0 saturated heterocycles. The molecule has 15 heteroatoms. The van der Waals surface area contributed by atoms with Gasteiger partial charge in [0.25, 0.3) is 0 Å². The molecule has 0 aliphatic rings. The van der Waals surface area contributed by atoms with Crippen molar-refractivity contribution >= 4 is 23.5 Å². The number of hydrogen-bond acceptors (Lipinski definition) is 6. The van der Waals surface area contributed by atoms with Crippen LogP contribution in [-0.2, 0) is 27.3 Å². The lowest BCUT2D eigenvalue weighted by atomic mass is 10.1. The van der Waals surface area contributed by atoms with E-state index in [-0.39, 0.29) is 0 Å². The Morgan fingerprint density at radius 3 is 0.949 bits per heavy atom. The first kappa shape index (κ1) is 42.5. The van der Waals surface area contributed by atoms with E-state index in [9.17, 15) is 13.7 Å². The van der Waals surface area contributed by atoms with E-state index in [4.69, 9.17) is 29.4 Å². The molecule has 0 unspecified atom stereocenters. The Hall–Kier alpha value is -0.930. The minimum Gasteiger partial charge on any atom is -0.413 e. The van der Waals surface area contributed by atoms with Crippen molar-refractivity contribution in [1.82, 2.24) is 0 Å². The monoisotopic (exact) mass is 624 g/mol. The van der Waals surface area contributed by atoms with Crippen molar-refractivity contribution in [3.63, 3.8) is 0 Å². The van der Waals surface area contributed by atoms with Gasteiger partial charge in [-0.05, 0) is 56.8 Å². The molecule has 0 spiro atoms. The minimum atomic E-state index is -4.32. The number of phosphoric acid groups is 3. The van der Waals surface area contributed by atoms with Crippen molar-refractivity contribution in [2.75, 3.05) is 0 Å². The van der Waals surface area contributed by atoms with Crippen molar-refractivity contribution < 1.29 is 56.6 Å². The zero-order valence-electron chi connectivity index (χ0n) is 23.5. The second kappa shape index (κ2) is 28.6. The van der Waals surface area contributed by atoms with Gasteiger partial charge in [-0.3, -0.25) is 29.4 Å². The zero-order valence-corrected chi connectivity index (χ0v) is 26.2. The quantitative estimate of drug-likeness (QED) is 0.0413. The predicted octanol–water partition coefficient (Wildman–Crippen LogP) is 7.74. The third-order valence-electron chi connectivity index (χ3n) is 4.56. The van der Waals surface area contributed by atoms with E-state index in [0.717, 1.165) is 83.0 Å². The van der Waals surface area contributed by atoms with E-state index in [2.05, 4.69) is 34.3 Å². The molecule has 0 aromatic heterocycles. The summed E-state index contributed by atoms with van der Waals surface area (Å²) in [6, 6.07) is 0. The first-order valence-corrected chi connectivity index (χ1v) is 17.9. The smallest absolute Gasteiger partial charge is 0.413 e. The van der Waals surface area contributed by atoms with Crippen LogP contribution in [0.25, 0.3) is 0 Å². The standard InChI is InChI=1S/C9H19O4P.C8H17O4P.C7H15O4P/c1-2-3-4-5-6-7-8-9-13-14(10,11)12;1-2-3-4-5-6-7-8-12-13(9,10)11;1-2-3-4-5-6-7-11-12(8,9)10/h8-9H,2-7H2,1H3,(H2,10,11,12);7-8H,2-6H2,1H3,(H2,9,10,11);6-7H,2-5H2,1H3,(H2,8,9,10). The number of allylic oxidation sites excluding steroid dienone is 3. The van der Waals surface area contributed by atoms with E-state index < -0.39 is 23.5 Å². The fourth-order valence-electron chi connectivity index (χ4n) is 2.64. The van der Waals surface area contributed by atoms with Crippen LogP contribution in [0.5, 0.6) is 0 Å². The molecule has 0 radical (unpaired) electrons. The van der Waals surface area contributed by atoms with Gasteiger partial charge in [0.15, 0.2) is 0 Å². The van der Waals surface area contributed by atoms with Gasteiger partial charge >= 0.3 is 23.5 Å². The van der Waals surface area contributed by atoms with Gasteiger partial charge < -0.3 is 13.6 Å². The van der Waals surface area contributed by atoms with Gasteiger partial charge in [0.2, 0.25) is 0 Å². The second-order valence-electron chi connectivity index (χ2n) is 8.45. The van der Waals surface area contributed by atoms with Gasteiger partial charge in [-0.2, -0.15) is 0 Å². The highest BCUT2D eigenvalue weighted by molar-refractivity contribution is 7.46. The summed E-state index contributed by atoms with van der Waals surface area (Å²) in [5.74, 6) is 0. The number of unbranched alkanes of at least 4 members (excludes halogenated alkanes) is 12. The third-order valence-corrected chi connectivity index (χ3v) is 5.75. The van der Waals surface area contributed by atoms with Crippen molar-refractivity contribution in [2.24, 2.45) is 0 Å². The summed E-state index contributed by atoms with van der Waals surface area (Å²) < 4.78 is 42.9. The molecule has 0 bridgehead atoms. The molecule has 0 aromatic carbocycles. The molecule has 0 atom stereocenters. The second-order valence-corrected chi connectivity index (χ2v) is 12.0. The average Bonchev–Trinajstić information content (AvgIpc) is 2.81. The van der Waals surface area contributed by atoms with Crippen molar-refractivity contribution in [2.45, 2.75) is 117 Å². The van der Waals surface area contributed by atoms with Crippen LogP contribution >= 0.6 is 23.5 Å². The summed E-state index contributed by atoms with van der Waals surface area (Å²) >= 11 is 0. The Labute approximate surface area is 234 Å². The summed E-state index contributed by atoms with van der Waals surface area (Å²) in [5, 5.41) is 0. The molecule has 12 nitrogen and oxygen atoms in total. The van der Waals surface area contributed by atoms with E-state index in [1.54, 1.807) is 18.2 Å². The summed E-state index contributed by atoms with van der Waals surface area (Å²) in [6.07, 6.45) is 24.3. The molecule has 234 valence electrons. The largest absolute Gasteiger partial charge is 0.524 e. The maximum Gasteiger partial charge on any atom is 0.524 e. The number of rotatable bonds is 21. The third kappa shape index (κ3) is 54.0. The Bertz CT molecular complexity index is 753.